The predicted octanol–water partition coefficient (Wildman–Crippen LogP) is 2.83. The third kappa shape index (κ3) is 4.00. The van der Waals surface area contributed by atoms with Crippen LogP contribution in [0.15, 0.2) is 23.6 Å². The van der Waals surface area contributed by atoms with Crippen LogP contribution in [-0.2, 0) is 0 Å². The van der Waals surface area contributed by atoms with Gasteiger partial charge in [0.1, 0.15) is 0 Å². The molecule has 46 valence electrons. The van der Waals surface area contributed by atoms with Crippen LogP contribution in [0, 0.1) is 0 Å². The lowest BCUT2D eigenvalue weighted by Crippen LogP contribution is -1.63. The van der Waals surface area contributed by atoms with E-state index in [9.17, 15) is 0 Å². The molecule has 0 amide bonds. The van der Waals surface area contributed by atoms with Gasteiger partial charge in [-0.05, 0) is 23.7 Å². The largest absolute Gasteiger partial charge is 0.134 e. The van der Waals surface area contributed by atoms with Crippen LogP contribution < -0.4 is 0 Å². The van der Waals surface area contributed by atoms with Crippen molar-refractivity contribution in [1.29, 1.82) is 0 Å². The molecule has 0 nitrogen and oxygen atoms in total. The topological polar surface area (TPSA) is 0 Å². The minimum Gasteiger partial charge on any atom is -0.134 e. The lowest BCUT2D eigenvalue weighted by atomic mass is 10.4. The van der Waals surface area contributed by atoms with Gasteiger partial charge in [0.25, 0.3) is 0 Å². The Hall–Kier alpha value is -0.170. The molecule has 0 radical (unpaired) electrons. The van der Waals surface area contributed by atoms with Crippen molar-refractivity contribution in [3.05, 3.63) is 23.6 Å². The molecule has 0 atom stereocenters. The highest BCUT2D eigenvalue weighted by atomic mass is 32.2. The van der Waals surface area contributed by atoms with Crippen molar-refractivity contribution >= 4 is 11.8 Å². The standard InChI is InChI=1S/C7H12S/c1-4-7(3)6-8-5-2/h4,6H,1,5H2,2-3H3/b7-6-. The molecule has 0 heterocycles. The SMILES string of the molecule is C=C/C(C)=C\SCC. The van der Waals surface area contributed by atoms with Crippen LogP contribution in [0.4, 0.5) is 0 Å². The molecule has 0 aliphatic rings. The summed E-state index contributed by atoms with van der Waals surface area (Å²) in [5.74, 6) is 1.14. The normalized spacial score (nSPS) is 11.5. The summed E-state index contributed by atoms with van der Waals surface area (Å²) >= 11 is 1.81. The van der Waals surface area contributed by atoms with Crippen molar-refractivity contribution in [1.82, 2.24) is 0 Å². The second-order valence-corrected chi connectivity index (χ2v) is 2.67. The summed E-state index contributed by atoms with van der Waals surface area (Å²) in [6.07, 6.45) is 1.86. The van der Waals surface area contributed by atoms with Gasteiger partial charge in [-0.25, -0.2) is 0 Å². The first kappa shape index (κ1) is 7.83. The van der Waals surface area contributed by atoms with E-state index in [0.717, 1.165) is 5.75 Å². The summed E-state index contributed by atoms with van der Waals surface area (Å²) in [7, 11) is 0. The molecule has 0 aromatic carbocycles. The van der Waals surface area contributed by atoms with E-state index in [4.69, 9.17) is 0 Å². The van der Waals surface area contributed by atoms with Gasteiger partial charge in [0.2, 0.25) is 0 Å². The molecule has 8 heavy (non-hydrogen) atoms. The molecule has 0 spiro atoms. The van der Waals surface area contributed by atoms with Gasteiger partial charge < -0.3 is 0 Å². The highest BCUT2D eigenvalue weighted by Gasteiger charge is 1.76. The van der Waals surface area contributed by atoms with Gasteiger partial charge in [0.15, 0.2) is 0 Å². The number of thioether (sulfide) groups is 1. The third-order valence-corrected chi connectivity index (χ3v) is 1.63. The van der Waals surface area contributed by atoms with E-state index in [1.165, 1.54) is 5.57 Å². The average Bonchev–Trinajstić information content (AvgIpc) is 1.83. The van der Waals surface area contributed by atoms with Gasteiger partial charge in [-0.3, -0.25) is 0 Å². The van der Waals surface area contributed by atoms with Gasteiger partial charge in [0, 0.05) is 0 Å². The van der Waals surface area contributed by atoms with E-state index in [2.05, 4.69) is 25.8 Å². The molecule has 0 saturated carbocycles. The van der Waals surface area contributed by atoms with Crippen LogP contribution in [0.2, 0.25) is 0 Å². The van der Waals surface area contributed by atoms with Crippen LogP contribution in [0.25, 0.3) is 0 Å². The van der Waals surface area contributed by atoms with E-state index in [0.29, 0.717) is 0 Å². The van der Waals surface area contributed by atoms with Crippen molar-refractivity contribution in [2.45, 2.75) is 13.8 Å². The van der Waals surface area contributed by atoms with Gasteiger partial charge in [-0.2, -0.15) is 0 Å². The highest BCUT2D eigenvalue weighted by molar-refractivity contribution is 8.02. The van der Waals surface area contributed by atoms with Crippen LogP contribution in [0.1, 0.15) is 13.8 Å². The summed E-state index contributed by atoms with van der Waals surface area (Å²) in [4.78, 5) is 0. The Kier molecular flexibility index (Phi) is 4.87. The quantitative estimate of drug-likeness (QED) is 0.527. The summed E-state index contributed by atoms with van der Waals surface area (Å²) in [6.45, 7) is 7.82. The smallest absolute Gasteiger partial charge is 0.00543 e. The first-order chi connectivity index (χ1) is 3.81. The maximum atomic E-state index is 3.63. The van der Waals surface area contributed by atoms with Crippen LogP contribution in [-0.4, -0.2) is 5.75 Å². The molecule has 0 unspecified atom stereocenters. The fraction of sp³-hybridized carbons (Fsp3) is 0.429. The van der Waals surface area contributed by atoms with Crippen molar-refractivity contribution < 1.29 is 0 Å². The maximum absolute atomic E-state index is 3.63. The summed E-state index contributed by atoms with van der Waals surface area (Å²) in [5.41, 5.74) is 1.25. The molecule has 0 aliphatic heterocycles. The molecule has 0 aromatic heterocycles. The Bertz CT molecular complexity index is 92.6. The Morgan fingerprint density at radius 3 is 2.75 bits per heavy atom. The van der Waals surface area contributed by atoms with Crippen molar-refractivity contribution in [3.8, 4) is 0 Å². The second kappa shape index (κ2) is 4.98. The predicted molar refractivity (Wildman–Crippen MR) is 42.1 cm³/mol. The van der Waals surface area contributed by atoms with Crippen molar-refractivity contribution in [2.75, 3.05) is 5.75 Å². The fourth-order valence-corrected chi connectivity index (χ4v) is 0.789. The lowest BCUT2D eigenvalue weighted by molar-refractivity contribution is 1.52. The number of hydrogen-bond acceptors (Lipinski definition) is 1. The van der Waals surface area contributed by atoms with E-state index in [1.54, 1.807) is 0 Å². The Balaban J connectivity index is 3.40. The van der Waals surface area contributed by atoms with Crippen LogP contribution >= 0.6 is 11.8 Å². The Morgan fingerprint density at radius 2 is 2.38 bits per heavy atom. The fourth-order valence-electron chi connectivity index (χ4n) is 0.263. The zero-order valence-electron chi connectivity index (χ0n) is 5.48. The molecule has 0 aromatic rings. The second-order valence-electron chi connectivity index (χ2n) is 1.52. The van der Waals surface area contributed by atoms with E-state index < -0.39 is 0 Å². The molecular weight excluding hydrogens is 116 g/mol. The van der Waals surface area contributed by atoms with Gasteiger partial charge in [-0.1, -0.05) is 19.6 Å². The molecule has 1 heteroatoms. The number of hydrogen-bond donors (Lipinski definition) is 0. The first-order valence-electron chi connectivity index (χ1n) is 2.72. The van der Waals surface area contributed by atoms with Gasteiger partial charge in [-0.15, -0.1) is 11.8 Å². The molecule has 0 fully saturated rings. The third-order valence-electron chi connectivity index (χ3n) is 0.758. The van der Waals surface area contributed by atoms with Crippen molar-refractivity contribution in [2.24, 2.45) is 0 Å². The molecule has 0 bridgehead atoms. The average molecular weight is 128 g/mol. The van der Waals surface area contributed by atoms with Crippen LogP contribution in [0.3, 0.4) is 0 Å². The molecule has 0 saturated heterocycles. The maximum Gasteiger partial charge on any atom is -0.00543 e. The van der Waals surface area contributed by atoms with E-state index in [-0.39, 0.29) is 0 Å². The molecule has 0 aliphatic carbocycles. The lowest BCUT2D eigenvalue weighted by Gasteiger charge is -1.87. The number of allylic oxidation sites excluding steroid dienone is 2. The van der Waals surface area contributed by atoms with Gasteiger partial charge in [0.05, 0.1) is 0 Å². The van der Waals surface area contributed by atoms with E-state index in [1.807, 2.05) is 17.8 Å². The van der Waals surface area contributed by atoms with Crippen molar-refractivity contribution in [3.63, 3.8) is 0 Å². The molecule has 0 rings (SSSR count). The first-order valence-corrected chi connectivity index (χ1v) is 3.77. The monoisotopic (exact) mass is 128 g/mol. The minimum atomic E-state index is 1.14. The van der Waals surface area contributed by atoms with Crippen LogP contribution in [0.5, 0.6) is 0 Å². The van der Waals surface area contributed by atoms with E-state index >= 15 is 0 Å². The zero-order chi connectivity index (χ0) is 6.41. The molecule has 0 N–H and O–H groups in total. The molecular formula is C7H12S. The summed E-state index contributed by atoms with van der Waals surface area (Å²) < 4.78 is 0. The number of rotatable bonds is 3. The highest BCUT2D eigenvalue weighted by Crippen LogP contribution is 2.05. The Labute approximate surface area is 55.7 Å². The minimum absolute atomic E-state index is 1.14. The Morgan fingerprint density at radius 1 is 1.75 bits per heavy atom. The van der Waals surface area contributed by atoms with Gasteiger partial charge >= 0.3 is 0 Å². The summed E-state index contributed by atoms with van der Waals surface area (Å²) in [6, 6.07) is 0. The zero-order valence-corrected chi connectivity index (χ0v) is 6.29. The summed E-state index contributed by atoms with van der Waals surface area (Å²) in [5, 5.41) is 2.12.